The summed E-state index contributed by atoms with van der Waals surface area (Å²) in [6, 6.07) is 0. The monoisotopic (exact) mass is 601 g/mol. The van der Waals surface area contributed by atoms with E-state index in [1.54, 1.807) is 4.98 Å². The van der Waals surface area contributed by atoms with Crippen molar-refractivity contribution in [2.24, 2.45) is 0 Å². The Labute approximate surface area is 245 Å². The summed E-state index contributed by atoms with van der Waals surface area (Å²) in [5.41, 5.74) is -4.15. The number of hydrogen-bond acceptors (Lipinski definition) is 6. The molecule has 1 fully saturated rings. The zero-order valence-electron chi connectivity index (χ0n) is 24.6. The van der Waals surface area contributed by atoms with Crippen molar-refractivity contribution in [1.29, 1.82) is 0 Å². The Morgan fingerprint density at radius 2 is 1.62 bits per heavy atom. The molecule has 3 atom stereocenters. The maximum absolute atomic E-state index is 13.2. The van der Waals surface area contributed by atoms with Crippen molar-refractivity contribution in [2.45, 2.75) is 128 Å². The van der Waals surface area contributed by atoms with Gasteiger partial charge >= 0.3 is 18.0 Å². The zero-order valence-corrected chi connectivity index (χ0v) is 24.6. The number of amides is 1. The van der Waals surface area contributed by atoms with Crippen molar-refractivity contribution in [1.82, 2.24) is 14.9 Å². The standard InChI is InChI=1S/C30H46F3N3O6/c1-3-5-6-7-8-9-10-11-12-13-14-15-16-17-18-34-29(39)41-22-25-24(40-19-4-2)20-26(42-25)36-21-23(30(31,32)33)27(37)35-28(36)38/h2,21,24-26H,3,5-20,22H2,1H3,(H,34,39)(H,35,37,38)/t24-,25+,26+/m0/s1. The number of terminal acetylenes is 1. The Morgan fingerprint density at radius 1 is 1.05 bits per heavy atom. The number of nitrogens with one attached hydrogen (secondary N) is 2. The van der Waals surface area contributed by atoms with Gasteiger partial charge < -0.3 is 19.5 Å². The molecule has 2 N–H and O–H groups in total. The predicted molar refractivity (Wildman–Crippen MR) is 153 cm³/mol. The molecule has 42 heavy (non-hydrogen) atoms. The Balaban J connectivity index is 1.66. The number of rotatable bonds is 20. The highest BCUT2D eigenvalue weighted by atomic mass is 19.4. The van der Waals surface area contributed by atoms with E-state index in [1.165, 1.54) is 70.6 Å². The van der Waals surface area contributed by atoms with Gasteiger partial charge in [-0.3, -0.25) is 14.3 Å². The van der Waals surface area contributed by atoms with Crippen molar-refractivity contribution in [3.05, 3.63) is 32.6 Å². The summed E-state index contributed by atoms with van der Waals surface area (Å²) < 4.78 is 56.7. The summed E-state index contributed by atoms with van der Waals surface area (Å²) in [5.74, 6) is 2.29. The molecule has 12 heteroatoms. The molecule has 1 aromatic heterocycles. The number of carbonyl (C=O) groups excluding carboxylic acids is 1. The van der Waals surface area contributed by atoms with Crippen LogP contribution in [-0.4, -0.2) is 47.6 Å². The summed E-state index contributed by atoms with van der Waals surface area (Å²) in [6.45, 7) is 2.31. The molecule has 1 aliphatic rings. The van der Waals surface area contributed by atoms with Gasteiger partial charge in [0.1, 0.15) is 31.1 Å². The number of alkyl halides is 3. The van der Waals surface area contributed by atoms with E-state index >= 15 is 0 Å². The number of H-pyrrole nitrogens is 1. The number of alkyl carbamates (subject to hydrolysis) is 1. The molecule has 0 bridgehead atoms. The van der Waals surface area contributed by atoms with E-state index in [0.717, 1.165) is 19.3 Å². The molecular formula is C30H46F3N3O6. The molecule has 0 unspecified atom stereocenters. The maximum atomic E-state index is 13.2. The number of nitrogens with zero attached hydrogens (tertiary/aromatic N) is 1. The van der Waals surface area contributed by atoms with Crippen molar-refractivity contribution in [3.8, 4) is 12.3 Å². The van der Waals surface area contributed by atoms with Crippen LogP contribution in [0.25, 0.3) is 0 Å². The minimum Gasteiger partial charge on any atom is -0.447 e. The third-order valence-electron chi connectivity index (χ3n) is 7.32. The average Bonchev–Trinajstić information content (AvgIpc) is 3.34. The van der Waals surface area contributed by atoms with Gasteiger partial charge in [-0.25, -0.2) is 9.59 Å². The van der Waals surface area contributed by atoms with Crippen LogP contribution in [-0.2, 0) is 20.4 Å². The summed E-state index contributed by atoms with van der Waals surface area (Å²) >= 11 is 0. The SMILES string of the molecule is C#CCO[C@H]1C[C@H](n2cc(C(F)(F)F)c(=O)[nH]c2=O)O[C@@H]1COC(=O)NCCCCCCCCCCCCCCCC. The smallest absolute Gasteiger partial charge is 0.423 e. The Kier molecular flexibility index (Phi) is 16.4. The number of hydrogen-bond donors (Lipinski definition) is 2. The quantitative estimate of drug-likeness (QED) is 0.139. The molecule has 1 amide bonds. The minimum absolute atomic E-state index is 0.0420. The van der Waals surface area contributed by atoms with E-state index in [0.29, 0.717) is 17.3 Å². The molecule has 0 aromatic carbocycles. The van der Waals surface area contributed by atoms with E-state index in [1.807, 2.05) is 0 Å². The maximum Gasteiger partial charge on any atom is 0.423 e. The molecule has 9 nitrogen and oxygen atoms in total. The number of carbonyl (C=O) groups is 1. The molecular weight excluding hydrogens is 555 g/mol. The summed E-state index contributed by atoms with van der Waals surface area (Å²) in [7, 11) is 0. The van der Waals surface area contributed by atoms with Gasteiger partial charge in [0.2, 0.25) is 0 Å². The van der Waals surface area contributed by atoms with Crippen LogP contribution in [0.2, 0.25) is 0 Å². The molecule has 2 rings (SSSR count). The third-order valence-corrected chi connectivity index (χ3v) is 7.32. The lowest BCUT2D eigenvalue weighted by Crippen LogP contribution is -2.36. The second kappa shape index (κ2) is 19.4. The highest BCUT2D eigenvalue weighted by Gasteiger charge is 2.40. The predicted octanol–water partition coefficient (Wildman–Crippen LogP) is 6.07. The second-order valence-corrected chi connectivity index (χ2v) is 10.7. The van der Waals surface area contributed by atoms with E-state index in [4.69, 9.17) is 20.6 Å². The zero-order chi connectivity index (χ0) is 30.8. The third kappa shape index (κ3) is 13.0. The van der Waals surface area contributed by atoms with Crippen LogP contribution in [0, 0.1) is 12.3 Å². The fourth-order valence-electron chi connectivity index (χ4n) is 4.97. The van der Waals surface area contributed by atoms with Crippen molar-refractivity contribution < 1.29 is 32.2 Å². The molecule has 0 aliphatic carbocycles. The lowest BCUT2D eigenvalue weighted by molar-refractivity contribution is -0.139. The largest absolute Gasteiger partial charge is 0.447 e. The molecule has 1 saturated heterocycles. The molecule has 2 heterocycles. The van der Waals surface area contributed by atoms with E-state index < -0.39 is 47.5 Å². The molecule has 0 saturated carbocycles. The molecule has 238 valence electrons. The fraction of sp³-hybridized carbons (Fsp3) is 0.767. The van der Waals surface area contributed by atoms with Crippen LogP contribution in [0.4, 0.5) is 18.0 Å². The van der Waals surface area contributed by atoms with Crippen molar-refractivity contribution >= 4 is 6.09 Å². The topological polar surface area (TPSA) is 112 Å². The van der Waals surface area contributed by atoms with Crippen LogP contribution in [0.3, 0.4) is 0 Å². The van der Waals surface area contributed by atoms with E-state index in [-0.39, 0.29) is 19.6 Å². The van der Waals surface area contributed by atoms with E-state index in [9.17, 15) is 27.6 Å². The van der Waals surface area contributed by atoms with Gasteiger partial charge in [-0.2, -0.15) is 13.2 Å². The summed E-state index contributed by atoms with van der Waals surface area (Å²) in [5, 5.41) is 2.68. The van der Waals surface area contributed by atoms with Crippen LogP contribution >= 0.6 is 0 Å². The van der Waals surface area contributed by atoms with Gasteiger partial charge in [0.15, 0.2) is 0 Å². The van der Waals surface area contributed by atoms with Crippen LogP contribution in [0.15, 0.2) is 15.8 Å². The first-order valence-corrected chi connectivity index (χ1v) is 15.2. The van der Waals surface area contributed by atoms with Crippen LogP contribution in [0.5, 0.6) is 0 Å². The fourth-order valence-corrected chi connectivity index (χ4v) is 4.97. The number of aromatic nitrogens is 2. The van der Waals surface area contributed by atoms with Crippen molar-refractivity contribution in [3.63, 3.8) is 0 Å². The average molecular weight is 602 g/mol. The van der Waals surface area contributed by atoms with Gasteiger partial charge in [-0.15, -0.1) is 6.42 Å². The summed E-state index contributed by atoms with van der Waals surface area (Å²) in [6.07, 6.45) is 14.5. The second-order valence-electron chi connectivity index (χ2n) is 10.7. The highest BCUT2D eigenvalue weighted by molar-refractivity contribution is 5.67. The summed E-state index contributed by atoms with van der Waals surface area (Å²) in [4.78, 5) is 37.7. The van der Waals surface area contributed by atoms with E-state index in [2.05, 4.69) is 18.2 Å². The van der Waals surface area contributed by atoms with Crippen LogP contribution in [0.1, 0.15) is 115 Å². The molecule has 0 spiro atoms. The van der Waals surface area contributed by atoms with Gasteiger partial charge in [-0.1, -0.05) is 96.3 Å². The van der Waals surface area contributed by atoms with Gasteiger partial charge in [0, 0.05) is 19.2 Å². The first-order chi connectivity index (χ1) is 20.2. The lowest BCUT2D eigenvalue weighted by atomic mass is 10.0. The Bertz CT molecular complexity index is 1080. The van der Waals surface area contributed by atoms with Gasteiger partial charge in [-0.05, 0) is 6.42 Å². The lowest BCUT2D eigenvalue weighted by Gasteiger charge is -2.18. The van der Waals surface area contributed by atoms with Gasteiger partial charge in [0.25, 0.3) is 5.56 Å². The molecule has 1 aliphatic heterocycles. The molecule has 1 aromatic rings. The number of aromatic amines is 1. The number of unbranched alkanes of at least 4 members (excludes halogenated alkanes) is 13. The number of halogens is 3. The Hall–Kier alpha value is -2.78. The normalized spacial score (nSPS) is 18.6. The minimum atomic E-state index is -4.96. The van der Waals surface area contributed by atoms with Crippen molar-refractivity contribution in [2.75, 3.05) is 19.8 Å². The van der Waals surface area contributed by atoms with Crippen LogP contribution < -0.4 is 16.6 Å². The Morgan fingerprint density at radius 3 is 2.17 bits per heavy atom. The highest BCUT2D eigenvalue weighted by Crippen LogP contribution is 2.32. The first-order valence-electron chi connectivity index (χ1n) is 15.2. The number of ether oxygens (including phenoxy) is 3. The molecule has 0 radical (unpaired) electrons. The van der Waals surface area contributed by atoms with Gasteiger partial charge in [0.05, 0.1) is 6.10 Å². The first kappa shape index (κ1) is 35.4.